The van der Waals surface area contributed by atoms with Crippen LogP contribution in [0.15, 0.2) is 71.3 Å². The van der Waals surface area contributed by atoms with Gasteiger partial charge in [-0.3, -0.25) is 14.5 Å². The highest BCUT2D eigenvalue weighted by Gasteiger charge is 2.23. The number of carbonyl (C=O) groups is 2. The molecule has 1 aromatic heterocycles. The van der Waals surface area contributed by atoms with Gasteiger partial charge in [0, 0.05) is 51.0 Å². The van der Waals surface area contributed by atoms with Crippen molar-refractivity contribution in [2.75, 3.05) is 44.7 Å². The number of hydrogen-bond acceptors (Lipinski definition) is 5. The van der Waals surface area contributed by atoms with E-state index in [4.69, 9.17) is 4.42 Å². The predicted octanol–water partition coefficient (Wildman–Crippen LogP) is 3.30. The van der Waals surface area contributed by atoms with Crippen LogP contribution < -0.4 is 10.2 Å². The molecule has 0 saturated carbocycles. The quantitative estimate of drug-likeness (QED) is 0.559. The highest BCUT2D eigenvalue weighted by molar-refractivity contribution is 5.93. The number of nitrogens with one attached hydrogen (secondary N) is 1. The van der Waals surface area contributed by atoms with Crippen molar-refractivity contribution in [1.29, 1.82) is 0 Å². The van der Waals surface area contributed by atoms with Crippen LogP contribution in [-0.2, 0) is 17.9 Å². The maximum absolute atomic E-state index is 13.2. The molecule has 2 aromatic carbocycles. The lowest BCUT2D eigenvalue weighted by molar-refractivity contribution is -0.133. The van der Waals surface area contributed by atoms with Crippen molar-refractivity contribution in [3.8, 4) is 0 Å². The summed E-state index contributed by atoms with van der Waals surface area (Å²) in [5.74, 6) is 0.829. The summed E-state index contributed by atoms with van der Waals surface area (Å²) in [6.07, 6.45) is 1.65. The molecule has 4 rings (SSSR count). The minimum absolute atomic E-state index is 0.112. The van der Waals surface area contributed by atoms with Gasteiger partial charge in [-0.05, 0) is 54.4 Å². The fraction of sp³-hybridized carbons (Fsp3) is 0.333. The highest BCUT2D eigenvalue weighted by Crippen LogP contribution is 2.18. The van der Waals surface area contributed by atoms with Crippen molar-refractivity contribution in [1.82, 2.24) is 15.1 Å². The van der Waals surface area contributed by atoms with E-state index >= 15 is 0 Å². The van der Waals surface area contributed by atoms with Crippen LogP contribution in [0.25, 0.3) is 0 Å². The molecule has 1 N–H and O–H groups in total. The average Bonchev–Trinajstić information content (AvgIpc) is 3.37. The highest BCUT2D eigenvalue weighted by atomic mass is 16.3. The zero-order valence-electron chi connectivity index (χ0n) is 19.9. The Balaban J connectivity index is 1.38. The van der Waals surface area contributed by atoms with E-state index in [0.29, 0.717) is 38.3 Å². The number of benzene rings is 2. The summed E-state index contributed by atoms with van der Waals surface area (Å²) in [6, 6.07) is 19.8. The zero-order valence-corrected chi connectivity index (χ0v) is 19.9. The molecule has 1 saturated heterocycles. The Hall–Kier alpha value is -3.58. The first-order chi connectivity index (χ1) is 16.5. The van der Waals surface area contributed by atoms with Crippen molar-refractivity contribution in [2.45, 2.75) is 20.0 Å². The first-order valence-corrected chi connectivity index (χ1v) is 11.7. The molecule has 0 spiro atoms. The molecule has 0 radical (unpaired) electrons. The number of rotatable bonds is 8. The Bertz CT molecular complexity index is 1090. The number of aryl methyl sites for hydroxylation is 1. The van der Waals surface area contributed by atoms with Crippen LogP contribution in [0.3, 0.4) is 0 Å². The smallest absolute Gasteiger partial charge is 0.251 e. The number of carbonyl (C=O) groups excluding carboxylic acids is 2. The van der Waals surface area contributed by atoms with Crippen molar-refractivity contribution in [3.05, 3.63) is 89.4 Å². The van der Waals surface area contributed by atoms with Gasteiger partial charge in [0.2, 0.25) is 5.91 Å². The van der Waals surface area contributed by atoms with Crippen molar-refractivity contribution >= 4 is 17.5 Å². The average molecular weight is 461 g/mol. The third-order valence-corrected chi connectivity index (χ3v) is 6.17. The van der Waals surface area contributed by atoms with Crippen molar-refractivity contribution < 1.29 is 14.0 Å². The number of nitrogens with zero attached hydrogens (tertiary/aromatic N) is 3. The summed E-state index contributed by atoms with van der Waals surface area (Å²) in [6.45, 7) is 6.61. The maximum Gasteiger partial charge on any atom is 0.251 e. The molecule has 1 aliphatic rings. The summed E-state index contributed by atoms with van der Waals surface area (Å²) in [4.78, 5) is 31.4. The molecule has 0 bridgehead atoms. The Morgan fingerprint density at radius 2 is 1.74 bits per heavy atom. The molecule has 178 valence electrons. The molecule has 1 aliphatic heterocycles. The van der Waals surface area contributed by atoms with Crippen LogP contribution in [0.5, 0.6) is 0 Å². The van der Waals surface area contributed by atoms with E-state index in [-0.39, 0.29) is 11.8 Å². The summed E-state index contributed by atoms with van der Waals surface area (Å²) >= 11 is 0. The van der Waals surface area contributed by atoms with Gasteiger partial charge in [0.1, 0.15) is 5.76 Å². The van der Waals surface area contributed by atoms with Gasteiger partial charge in [-0.15, -0.1) is 0 Å². The van der Waals surface area contributed by atoms with Crippen LogP contribution in [0.4, 0.5) is 5.69 Å². The monoisotopic (exact) mass is 460 g/mol. The topological polar surface area (TPSA) is 69.0 Å². The normalized spacial score (nSPS) is 13.9. The van der Waals surface area contributed by atoms with Gasteiger partial charge in [-0.25, -0.2) is 0 Å². The Morgan fingerprint density at radius 1 is 0.971 bits per heavy atom. The fourth-order valence-corrected chi connectivity index (χ4v) is 4.28. The van der Waals surface area contributed by atoms with Gasteiger partial charge in [0.25, 0.3) is 5.91 Å². The van der Waals surface area contributed by atoms with Crippen molar-refractivity contribution in [2.24, 2.45) is 0 Å². The lowest BCUT2D eigenvalue weighted by atomic mass is 10.1. The van der Waals surface area contributed by atoms with Crippen LogP contribution in [0.1, 0.15) is 27.2 Å². The molecule has 2 heterocycles. The van der Waals surface area contributed by atoms with Gasteiger partial charge in [-0.1, -0.05) is 24.3 Å². The Morgan fingerprint density at radius 3 is 2.38 bits per heavy atom. The molecule has 7 nitrogen and oxygen atoms in total. The number of furan rings is 1. The number of hydrogen-bond donors (Lipinski definition) is 1. The lowest BCUT2D eigenvalue weighted by Crippen LogP contribution is -2.51. The largest absolute Gasteiger partial charge is 0.468 e. The van der Waals surface area contributed by atoms with Gasteiger partial charge < -0.3 is 19.5 Å². The van der Waals surface area contributed by atoms with Crippen LogP contribution in [-0.4, -0.2) is 61.4 Å². The van der Waals surface area contributed by atoms with Crippen LogP contribution in [0, 0.1) is 6.92 Å². The zero-order chi connectivity index (χ0) is 23.9. The number of anilines is 1. The third kappa shape index (κ3) is 6.05. The first-order valence-electron chi connectivity index (χ1n) is 11.7. The second kappa shape index (κ2) is 11.0. The second-order valence-electron chi connectivity index (χ2n) is 8.71. The van der Waals surface area contributed by atoms with Gasteiger partial charge >= 0.3 is 0 Å². The van der Waals surface area contributed by atoms with E-state index in [9.17, 15) is 9.59 Å². The second-order valence-corrected chi connectivity index (χ2v) is 8.71. The molecule has 1 fully saturated rings. The fourth-order valence-electron chi connectivity index (χ4n) is 4.28. The van der Waals surface area contributed by atoms with E-state index in [1.54, 1.807) is 13.3 Å². The molecule has 34 heavy (non-hydrogen) atoms. The molecule has 2 amide bonds. The van der Waals surface area contributed by atoms with Gasteiger partial charge in [0.05, 0.1) is 19.4 Å². The standard InChI is InChI=1S/C27H32N4O3/c1-21-5-3-6-24(17-21)30-12-14-31(15-13-30)26(32)20-29(19-25-7-4-16-34-25)18-22-8-10-23(11-9-22)27(33)28-2/h3-11,16-17H,12-15,18-20H2,1-2H3,(H,28,33). The van der Waals surface area contributed by atoms with E-state index in [0.717, 1.165) is 24.4 Å². The molecular formula is C27H32N4O3. The molecular weight excluding hydrogens is 428 g/mol. The summed E-state index contributed by atoms with van der Waals surface area (Å²) in [7, 11) is 1.62. The molecule has 0 atom stereocenters. The van der Waals surface area contributed by atoms with E-state index < -0.39 is 0 Å². The van der Waals surface area contributed by atoms with E-state index in [2.05, 4.69) is 46.3 Å². The first kappa shape index (κ1) is 23.6. The molecule has 3 aromatic rings. The van der Waals surface area contributed by atoms with Gasteiger partial charge in [-0.2, -0.15) is 0 Å². The summed E-state index contributed by atoms with van der Waals surface area (Å²) in [5, 5.41) is 2.63. The lowest BCUT2D eigenvalue weighted by Gasteiger charge is -2.37. The Labute approximate surface area is 201 Å². The minimum Gasteiger partial charge on any atom is -0.468 e. The number of piperazine rings is 1. The molecule has 7 heteroatoms. The SMILES string of the molecule is CNC(=O)c1ccc(CN(CC(=O)N2CCN(c3cccc(C)c3)CC2)Cc2ccco2)cc1. The molecule has 0 aliphatic carbocycles. The summed E-state index contributed by atoms with van der Waals surface area (Å²) in [5.41, 5.74) is 4.11. The predicted molar refractivity (Wildman–Crippen MR) is 133 cm³/mol. The number of amides is 2. The van der Waals surface area contributed by atoms with Crippen LogP contribution in [0.2, 0.25) is 0 Å². The van der Waals surface area contributed by atoms with Crippen LogP contribution >= 0.6 is 0 Å². The summed E-state index contributed by atoms with van der Waals surface area (Å²) < 4.78 is 5.54. The van der Waals surface area contributed by atoms with E-state index in [1.165, 1.54) is 11.3 Å². The minimum atomic E-state index is -0.112. The molecule has 0 unspecified atom stereocenters. The van der Waals surface area contributed by atoms with E-state index in [1.807, 2.05) is 41.3 Å². The maximum atomic E-state index is 13.2. The third-order valence-electron chi connectivity index (χ3n) is 6.17. The van der Waals surface area contributed by atoms with Crippen molar-refractivity contribution in [3.63, 3.8) is 0 Å². The van der Waals surface area contributed by atoms with Gasteiger partial charge in [0.15, 0.2) is 0 Å². The Kier molecular flexibility index (Phi) is 7.65.